The van der Waals surface area contributed by atoms with Crippen molar-refractivity contribution in [3.05, 3.63) is 58.0 Å². The van der Waals surface area contributed by atoms with E-state index in [2.05, 4.69) is 21.0 Å². The van der Waals surface area contributed by atoms with Crippen LogP contribution in [0.25, 0.3) is 11.1 Å². The van der Waals surface area contributed by atoms with Crippen molar-refractivity contribution in [3.63, 3.8) is 0 Å². The summed E-state index contributed by atoms with van der Waals surface area (Å²) in [7, 11) is 6.39. The smallest absolute Gasteiger partial charge is 0.246 e. The third-order valence-electron chi connectivity index (χ3n) is 6.65. The van der Waals surface area contributed by atoms with Gasteiger partial charge in [0.1, 0.15) is 6.04 Å². The van der Waals surface area contributed by atoms with Gasteiger partial charge in [0.05, 0.1) is 44.9 Å². The Balaban J connectivity index is 1.82. The molecule has 1 aliphatic rings. The minimum absolute atomic E-state index is 0.211. The fraction of sp³-hybridized carbons (Fsp3) is 0.357. The SMILES string of the molecule is COc1cc2c(c(OC)c1OC)-c1ccc(N[C@H](C)C(=O)Nc3cnn(C)c3)c(=O)cc1[C@H](NC(C)=O)CC2. The molecule has 0 unspecified atom stereocenters. The molecule has 2 amide bonds. The van der Waals surface area contributed by atoms with Crippen molar-refractivity contribution < 1.29 is 23.8 Å². The summed E-state index contributed by atoms with van der Waals surface area (Å²) in [5, 5.41) is 12.8. The normalized spacial score (nSPS) is 14.7. The summed E-state index contributed by atoms with van der Waals surface area (Å²) in [5.74, 6) is 0.880. The van der Waals surface area contributed by atoms with Gasteiger partial charge in [-0.05, 0) is 54.7 Å². The van der Waals surface area contributed by atoms with Gasteiger partial charge in [-0.25, -0.2) is 0 Å². The molecular formula is C28H33N5O6. The van der Waals surface area contributed by atoms with Crippen molar-refractivity contribution >= 4 is 23.2 Å². The highest BCUT2D eigenvalue weighted by molar-refractivity contribution is 5.96. The van der Waals surface area contributed by atoms with E-state index in [1.807, 2.05) is 6.07 Å². The quantitative estimate of drug-likeness (QED) is 0.401. The monoisotopic (exact) mass is 535 g/mol. The van der Waals surface area contributed by atoms with Crippen LogP contribution in [0, 0.1) is 0 Å². The number of anilines is 2. The Bertz CT molecular complexity index is 1470. The van der Waals surface area contributed by atoms with Crippen molar-refractivity contribution in [2.45, 2.75) is 38.8 Å². The van der Waals surface area contributed by atoms with Gasteiger partial charge < -0.3 is 30.2 Å². The maximum Gasteiger partial charge on any atom is 0.246 e. The van der Waals surface area contributed by atoms with E-state index in [0.717, 1.165) is 11.1 Å². The molecule has 39 heavy (non-hydrogen) atoms. The number of amides is 2. The number of nitrogens with one attached hydrogen (secondary N) is 3. The van der Waals surface area contributed by atoms with Gasteiger partial charge in [-0.3, -0.25) is 19.1 Å². The zero-order valence-corrected chi connectivity index (χ0v) is 22.9. The van der Waals surface area contributed by atoms with Crippen LogP contribution in [0.15, 0.2) is 41.5 Å². The molecule has 1 heterocycles. The molecule has 3 aromatic rings. The van der Waals surface area contributed by atoms with Crippen molar-refractivity contribution in [2.24, 2.45) is 7.05 Å². The Morgan fingerprint density at radius 1 is 1.10 bits per heavy atom. The molecule has 0 radical (unpaired) electrons. The number of ether oxygens (including phenoxy) is 3. The van der Waals surface area contributed by atoms with E-state index in [4.69, 9.17) is 14.2 Å². The van der Waals surface area contributed by atoms with Crippen LogP contribution >= 0.6 is 0 Å². The summed E-state index contributed by atoms with van der Waals surface area (Å²) in [6.07, 6.45) is 4.37. The molecule has 11 nitrogen and oxygen atoms in total. The molecule has 4 rings (SSSR count). The second-order valence-corrected chi connectivity index (χ2v) is 9.35. The number of aromatic nitrogens is 2. The molecule has 0 aliphatic heterocycles. The molecule has 0 saturated carbocycles. The number of aryl methyl sites for hydroxylation is 2. The van der Waals surface area contributed by atoms with Crippen molar-refractivity contribution in [2.75, 3.05) is 32.0 Å². The van der Waals surface area contributed by atoms with Gasteiger partial charge in [-0.2, -0.15) is 5.10 Å². The molecule has 206 valence electrons. The first-order valence-electron chi connectivity index (χ1n) is 12.5. The lowest BCUT2D eigenvalue weighted by Crippen LogP contribution is -2.33. The third kappa shape index (κ3) is 5.66. The van der Waals surface area contributed by atoms with E-state index in [-0.39, 0.29) is 22.9 Å². The van der Waals surface area contributed by atoms with Crippen LogP contribution in [0.3, 0.4) is 0 Å². The number of methoxy groups -OCH3 is 3. The van der Waals surface area contributed by atoms with E-state index in [9.17, 15) is 14.4 Å². The van der Waals surface area contributed by atoms with Crippen LogP contribution in [0.1, 0.15) is 37.4 Å². The molecule has 2 aromatic carbocycles. The molecule has 0 fully saturated rings. The molecule has 0 bridgehead atoms. The van der Waals surface area contributed by atoms with E-state index >= 15 is 0 Å². The highest BCUT2D eigenvalue weighted by Gasteiger charge is 2.29. The standard InChI is InChI=1S/C28H33N5O6/c1-15(28(36)32-18-13-29-33(3)14-18)30-22-10-8-19-20(12-23(22)35)21(31-16(2)34)9-7-17-11-24(37-4)26(38-5)27(39-6)25(17)19/h8,10-15,21H,7,9H2,1-6H3,(H,30,35)(H,31,34)(H,32,36)/t15-,21-/m1/s1. The van der Waals surface area contributed by atoms with Crippen LogP contribution < -0.4 is 35.6 Å². The Morgan fingerprint density at radius 2 is 1.85 bits per heavy atom. The van der Waals surface area contributed by atoms with Crippen molar-refractivity contribution in [1.82, 2.24) is 15.1 Å². The van der Waals surface area contributed by atoms with Gasteiger partial charge in [0.2, 0.25) is 23.0 Å². The highest BCUT2D eigenvalue weighted by Crippen LogP contribution is 2.50. The molecule has 1 aromatic heterocycles. The molecule has 2 atom stereocenters. The molecule has 1 aliphatic carbocycles. The molecule has 11 heteroatoms. The molecule has 0 saturated heterocycles. The largest absolute Gasteiger partial charge is 0.493 e. The van der Waals surface area contributed by atoms with E-state index in [1.165, 1.54) is 20.1 Å². The Kier molecular flexibility index (Phi) is 8.08. The number of nitrogens with zero attached hydrogens (tertiary/aromatic N) is 2. The Labute approximate surface area is 226 Å². The lowest BCUT2D eigenvalue weighted by Gasteiger charge is -2.19. The van der Waals surface area contributed by atoms with Crippen LogP contribution in [0.4, 0.5) is 11.4 Å². The van der Waals surface area contributed by atoms with E-state index in [0.29, 0.717) is 46.9 Å². The maximum atomic E-state index is 13.4. The summed E-state index contributed by atoms with van der Waals surface area (Å²) in [6.45, 7) is 3.11. The fourth-order valence-electron chi connectivity index (χ4n) is 4.86. The van der Waals surface area contributed by atoms with Gasteiger partial charge in [0, 0.05) is 25.7 Å². The second-order valence-electron chi connectivity index (χ2n) is 9.35. The van der Waals surface area contributed by atoms with Gasteiger partial charge in [-0.1, -0.05) is 6.07 Å². The molecule has 0 spiro atoms. The van der Waals surface area contributed by atoms with Gasteiger partial charge in [0.15, 0.2) is 11.5 Å². The zero-order chi connectivity index (χ0) is 28.3. The van der Waals surface area contributed by atoms with Crippen molar-refractivity contribution in [3.8, 4) is 28.4 Å². The van der Waals surface area contributed by atoms with E-state index < -0.39 is 12.1 Å². The minimum Gasteiger partial charge on any atom is -0.493 e. The maximum absolute atomic E-state index is 13.4. The predicted octanol–water partition coefficient (Wildman–Crippen LogP) is 3.04. The summed E-state index contributed by atoms with van der Waals surface area (Å²) >= 11 is 0. The van der Waals surface area contributed by atoms with Crippen LogP contribution in [-0.2, 0) is 23.1 Å². The zero-order valence-electron chi connectivity index (χ0n) is 22.9. The molecule has 3 N–H and O–H groups in total. The van der Waals surface area contributed by atoms with Gasteiger partial charge in [-0.15, -0.1) is 0 Å². The number of fused-ring (bicyclic) bond motifs is 3. The van der Waals surface area contributed by atoms with Crippen LogP contribution in [0.5, 0.6) is 17.2 Å². The predicted molar refractivity (Wildman–Crippen MR) is 148 cm³/mol. The van der Waals surface area contributed by atoms with Crippen LogP contribution in [-0.4, -0.2) is 49.0 Å². The minimum atomic E-state index is -0.725. The van der Waals surface area contributed by atoms with Gasteiger partial charge in [0.25, 0.3) is 0 Å². The third-order valence-corrected chi connectivity index (χ3v) is 6.65. The number of carbonyl (C=O) groups excluding carboxylic acids is 2. The Hall–Kier alpha value is -4.54. The summed E-state index contributed by atoms with van der Waals surface area (Å²) < 4.78 is 18.6. The summed E-state index contributed by atoms with van der Waals surface area (Å²) in [5.41, 5.74) is 3.49. The fourth-order valence-corrected chi connectivity index (χ4v) is 4.86. The first-order valence-corrected chi connectivity index (χ1v) is 12.5. The number of benzene rings is 1. The highest BCUT2D eigenvalue weighted by atomic mass is 16.5. The lowest BCUT2D eigenvalue weighted by molar-refractivity contribution is -0.119. The average Bonchev–Trinajstić information content (AvgIpc) is 3.17. The van der Waals surface area contributed by atoms with Gasteiger partial charge >= 0.3 is 0 Å². The van der Waals surface area contributed by atoms with E-state index in [1.54, 1.807) is 57.4 Å². The average molecular weight is 536 g/mol. The first-order chi connectivity index (χ1) is 18.7. The van der Waals surface area contributed by atoms with Crippen LogP contribution in [0.2, 0.25) is 0 Å². The number of carbonyl (C=O) groups is 2. The first kappa shape index (κ1) is 27.5. The molecular weight excluding hydrogens is 502 g/mol. The number of rotatable bonds is 8. The topological polar surface area (TPSA) is 133 Å². The second kappa shape index (κ2) is 11.5. The number of hydrogen-bond acceptors (Lipinski definition) is 8. The summed E-state index contributed by atoms with van der Waals surface area (Å²) in [6, 6.07) is 5.70. The van der Waals surface area contributed by atoms with Crippen molar-refractivity contribution in [1.29, 1.82) is 0 Å². The lowest BCUT2D eigenvalue weighted by atomic mass is 9.95. The number of hydrogen-bond donors (Lipinski definition) is 3. The summed E-state index contributed by atoms with van der Waals surface area (Å²) in [4.78, 5) is 38.3. The Morgan fingerprint density at radius 3 is 2.46 bits per heavy atom.